The molecule has 0 aliphatic heterocycles. The molecule has 4 nitrogen and oxygen atoms in total. The number of allylic oxidation sites excluding steroid dienone is 1. The lowest BCUT2D eigenvalue weighted by atomic mass is 9.71. The van der Waals surface area contributed by atoms with Crippen molar-refractivity contribution >= 4 is 12.0 Å². The van der Waals surface area contributed by atoms with Crippen LogP contribution in [0.3, 0.4) is 0 Å². The first-order valence-corrected chi connectivity index (χ1v) is 7.71. The van der Waals surface area contributed by atoms with Crippen LogP contribution in [0, 0.1) is 11.8 Å². The van der Waals surface area contributed by atoms with Crippen molar-refractivity contribution in [3.05, 3.63) is 17.2 Å². The fourth-order valence-corrected chi connectivity index (χ4v) is 3.75. The van der Waals surface area contributed by atoms with Crippen LogP contribution in [0.25, 0.3) is 5.53 Å². The van der Waals surface area contributed by atoms with E-state index in [1.807, 2.05) is 0 Å². The summed E-state index contributed by atoms with van der Waals surface area (Å²) in [4.78, 5) is 15.0. The van der Waals surface area contributed by atoms with Gasteiger partial charge in [-0.3, -0.25) is 4.79 Å². The fraction of sp³-hybridized carbons (Fsp3) is 0.750. The Bertz CT molecular complexity index is 424. The van der Waals surface area contributed by atoms with Crippen molar-refractivity contribution in [3.63, 3.8) is 0 Å². The first-order chi connectivity index (χ1) is 9.77. The number of nitrogens with zero attached hydrogens (tertiary/aromatic N) is 2. The zero-order chi connectivity index (χ0) is 14.4. The van der Waals surface area contributed by atoms with Gasteiger partial charge >= 0.3 is 6.21 Å². The topological polar surface area (TPSA) is 62.7 Å². The van der Waals surface area contributed by atoms with Crippen LogP contribution in [0.1, 0.15) is 51.4 Å². The molecule has 1 fully saturated rings. The van der Waals surface area contributed by atoms with Gasteiger partial charge in [-0.25, -0.2) is 0 Å². The summed E-state index contributed by atoms with van der Waals surface area (Å²) in [5.74, 6) is 0.103. The molecule has 0 saturated heterocycles. The SMILES string of the molecule is CO[C@H](C1=CCCCC1)[C@@H]1CCCC[C@H]1C(=O)C=[N+]=[N-]. The summed E-state index contributed by atoms with van der Waals surface area (Å²) >= 11 is 0. The van der Waals surface area contributed by atoms with Crippen LogP contribution >= 0.6 is 0 Å². The molecule has 0 heterocycles. The highest BCUT2D eigenvalue weighted by Crippen LogP contribution is 2.38. The number of ketones is 1. The van der Waals surface area contributed by atoms with Crippen molar-refractivity contribution in [1.29, 1.82) is 0 Å². The molecule has 1 saturated carbocycles. The van der Waals surface area contributed by atoms with Gasteiger partial charge in [-0.05, 0) is 50.0 Å². The summed E-state index contributed by atoms with van der Waals surface area (Å²) in [7, 11) is 1.75. The molecule has 2 aliphatic rings. The quantitative estimate of drug-likeness (QED) is 0.335. The van der Waals surface area contributed by atoms with Crippen LogP contribution in [0.4, 0.5) is 0 Å². The first-order valence-electron chi connectivity index (χ1n) is 7.71. The fourth-order valence-electron chi connectivity index (χ4n) is 3.75. The van der Waals surface area contributed by atoms with E-state index in [4.69, 9.17) is 10.3 Å². The maximum Gasteiger partial charge on any atom is 0.323 e. The minimum atomic E-state index is -0.0626. The molecule has 0 aromatic rings. The lowest BCUT2D eigenvalue weighted by Gasteiger charge is -2.36. The molecule has 20 heavy (non-hydrogen) atoms. The molecule has 0 aromatic carbocycles. The summed E-state index contributed by atoms with van der Waals surface area (Å²) in [6.07, 6.45) is 12.2. The van der Waals surface area contributed by atoms with Gasteiger partial charge in [0.15, 0.2) is 0 Å². The summed E-state index contributed by atoms with van der Waals surface area (Å²) < 4.78 is 5.76. The Hall–Kier alpha value is -1.25. The van der Waals surface area contributed by atoms with Crippen molar-refractivity contribution in [2.24, 2.45) is 11.8 Å². The molecule has 110 valence electrons. The van der Waals surface area contributed by atoms with E-state index in [1.54, 1.807) is 7.11 Å². The van der Waals surface area contributed by atoms with Crippen LogP contribution in [0.2, 0.25) is 0 Å². The van der Waals surface area contributed by atoms with Crippen molar-refractivity contribution in [3.8, 4) is 0 Å². The predicted octanol–water partition coefficient (Wildman–Crippen LogP) is 3.18. The van der Waals surface area contributed by atoms with Gasteiger partial charge in [-0.1, -0.05) is 18.9 Å². The second-order valence-corrected chi connectivity index (χ2v) is 5.88. The number of hydrogen-bond donors (Lipinski definition) is 0. The van der Waals surface area contributed by atoms with E-state index < -0.39 is 0 Å². The van der Waals surface area contributed by atoms with E-state index in [-0.39, 0.29) is 23.7 Å². The third-order valence-electron chi connectivity index (χ3n) is 4.70. The van der Waals surface area contributed by atoms with Crippen molar-refractivity contribution in [1.82, 2.24) is 0 Å². The Kier molecular flexibility index (Phi) is 5.69. The van der Waals surface area contributed by atoms with E-state index in [0.717, 1.165) is 44.7 Å². The van der Waals surface area contributed by atoms with Gasteiger partial charge in [-0.15, -0.1) is 0 Å². The van der Waals surface area contributed by atoms with Crippen molar-refractivity contribution in [2.45, 2.75) is 57.5 Å². The lowest BCUT2D eigenvalue weighted by Crippen LogP contribution is -2.38. The maximum atomic E-state index is 12.1. The highest BCUT2D eigenvalue weighted by atomic mass is 16.5. The van der Waals surface area contributed by atoms with Crippen molar-refractivity contribution in [2.75, 3.05) is 7.11 Å². The standard InChI is InChI=1S/C16H24N2O2/c1-20-16(12-7-3-2-4-8-12)14-10-6-5-9-13(14)15(19)11-18-17/h7,11,13-14,16H,2-6,8-10H2,1H3/t13-,14-,16-/m1/s1. The largest absolute Gasteiger partial charge is 0.377 e. The molecular formula is C16H24N2O2. The summed E-state index contributed by atoms with van der Waals surface area (Å²) in [6, 6.07) is 0. The van der Waals surface area contributed by atoms with E-state index in [1.165, 1.54) is 18.4 Å². The molecule has 0 amide bonds. The maximum absolute atomic E-state index is 12.1. The zero-order valence-corrected chi connectivity index (χ0v) is 12.3. The molecule has 3 atom stereocenters. The smallest absolute Gasteiger partial charge is 0.323 e. The van der Waals surface area contributed by atoms with Crippen LogP contribution in [-0.2, 0) is 9.53 Å². The Morgan fingerprint density at radius 1 is 1.40 bits per heavy atom. The van der Waals surface area contributed by atoms with Crippen LogP contribution in [0.5, 0.6) is 0 Å². The van der Waals surface area contributed by atoms with Gasteiger partial charge in [0.2, 0.25) is 5.78 Å². The van der Waals surface area contributed by atoms with Gasteiger partial charge < -0.3 is 10.3 Å². The third kappa shape index (κ3) is 3.44. The number of rotatable bonds is 5. The summed E-state index contributed by atoms with van der Waals surface area (Å²) in [5.41, 5.74) is 9.97. The van der Waals surface area contributed by atoms with Crippen LogP contribution < -0.4 is 0 Å². The number of methoxy groups -OCH3 is 1. The second kappa shape index (κ2) is 7.51. The average Bonchev–Trinajstić information content (AvgIpc) is 2.50. The minimum Gasteiger partial charge on any atom is -0.377 e. The Labute approximate surface area is 120 Å². The summed E-state index contributed by atoms with van der Waals surface area (Å²) in [5, 5.41) is 0. The molecule has 0 aromatic heterocycles. The van der Waals surface area contributed by atoms with E-state index >= 15 is 0 Å². The van der Waals surface area contributed by atoms with Gasteiger partial charge in [0.05, 0.1) is 6.10 Å². The lowest BCUT2D eigenvalue weighted by molar-refractivity contribution is -0.124. The summed E-state index contributed by atoms with van der Waals surface area (Å²) in [6.45, 7) is 0. The van der Waals surface area contributed by atoms with Crippen molar-refractivity contribution < 1.29 is 14.3 Å². The van der Waals surface area contributed by atoms with E-state index in [0.29, 0.717) is 0 Å². The molecule has 2 rings (SSSR count). The Morgan fingerprint density at radius 2 is 2.20 bits per heavy atom. The number of ether oxygens (including phenoxy) is 1. The molecule has 0 radical (unpaired) electrons. The number of carbonyl (C=O) groups is 1. The number of Topliss-reactive ketones (excluding diaryl/α,β-unsaturated/α-hetero) is 1. The molecule has 0 bridgehead atoms. The molecular weight excluding hydrogens is 252 g/mol. The van der Waals surface area contributed by atoms with E-state index in [2.05, 4.69) is 10.9 Å². The molecule has 0 N–H and O–H groups in total. The average molecular weight is 276 g/mol. The highest BCUT2D eigenvalue weighted by molar-refractivity contribution is 6.26. The second-order valence-electron chi connectivity index (χ2n) is 5.88. The predicted molar refractivity (Wildman–Crippen MR) is 77.5 cm³/mol. The monoisotopic (exact) mass is 276 g/mol. The number of carbonyl (C=O) groups excluding carboxylic acids is 1. The van der Waals surface area contributed by atoms with Gasteiger partial charge in [0.1, 0.15) is 0 Å². The minimum absolute atomic E-state index is 0.0524. The van der Waals surface area contributed by atoms with Gasteiger partial charge in [0, 0.05) is 13.0 Å². The third-order valence-corrected chi connectivity index (χ3v) is 4.70. The number of hydrogen-bond acceptors (Lipinski definition) is 2. The van der Waals surface area contributed by atoms with E-state index in [9.17, 15) is 4.79 Å². The van der Waals surface area contributed by atoms with Gasteiger partial charge in [-0.2, -0.15) is 4.79 Å². The first kappa shape index (κ1) is 15.1. The Balaban J connectivity index is 2.18. The molecule has 0 spiro atoms. The zero-order valence-electron chi connectivity index (χ0n) is 12.3. The van der Waals surface area contributed by atoms with Crippen LogP contribution in [-0.4, -0.2) is 30.0 Å². The molecule has 4 heteroatoms. The highest BCUT2D eigenvalue weighted by Gasteiger charge is 2.38. The normalized spacial score (nSPS) is 28.1. The molecule has 0 unspecified atom stereocenters. The van der Waals surface area contributed by atoms with Gasteiger partial charge in [0.25, 0.3) is 0 Å². The van der Waals surface area contributed by atoms with Crippen LogP contribution in [0.15, 0.2) is 11.6 Å². The Morgan fingerprint density at radius 3 is 2.85 bits per heavy atom. The molecule has 2 aliphatic carbocycles.